The van der Waals surface area contributed by atoms with Crippen LogP contribution in [0.4, 0.5) is 0 Å². The molecule has 0 rings (SSSR count). The van der Waals surface area contributed by atoms with Crippen LogP contribution in [0.3, 0.4) is 0 Å². The lowest BCUT2D eigenvalue weighted by Crippen LogP contribution is -2.46. The zero-order chi connectivity index (χ0) is 41.7. The van der Waals surface area contributed by atoms with E-state index in [1.807, 2.05) is 0 Å². The first-order valence-electron chi connectivity index (χ1n) is 25.8. The lowest BCUT2D eigenvalue weighted by molar-refractivity contribution is -0.151. The minimum atomic E-state index is -0.778. The van der Waals surface area contributed by atoms with Crippen molar-refractivity contribution in [3.05, 3.63) is 0 Å². The third-order valence-electron chi connectivity index (χ3n) is 12.2. The molecule has 0 aliphatic rings. The van der Waals surface area contributed by atoms with E-state index in [-0.39, 0.29) is 24.9 Å². The van der Waals surface area contributed by atoms with E-state index in [9.17, 15) is 19.8 Å². The summed E-state index contributed by atoms with van der Waals surface area (Å²) in [5, 5.41) is 23.7. The highest BCUT2D eigenvalue weighted by Gasteiger charge is 2.24. The van der Waals surface area contributed by atoms with Gasteiger partial charge >= 0.3 is 5.97 Å². The van der Waals surface area contributed by atoms with Gasteiger partial charge in [-0.1, -0.05) is 252 Å². The average molecular weight is 808 g/mol. The average Bonchev–Trinajstić information content (AvgIpc) is 3.20. The fraction of sp³-hybridized carbons (Fsp3) is 0.961. The molecule has 0 bridgehead atoms. The summed E-state index contributed by atoms with van der Waals surface area (Å²) in [5.74, 6) is -0.458. The van der Waals surface area contributed by atoms with Gasteiger partial charge in [-0.05, 0) is 25.7 Å². The van der Waals surface area contributed by atoms with Gasteiger partial charge in [0.1, 0.15) is 6.10 Å². The third kappa shape index (κ3) is 41.4. The van der Waals surface area contributed by atoms with Gasteiger partial charge in [0, 0.05) is 6.42 Å². The van der Waals surface area contributed by atoms with E-state index in [1.54, 1.807) is 0 Å². The Balaban J connectivity index is 4.30. The summed E-state index contributed by atoms with van der Waals surface area (Å²) in [4.78, 5) is 26.0. The quantitative estimate of drug-likeness (QED) is 0.0420. The van der Waals surface area contributed by atoms with Gasteiger partial charge in [0.15, 0.2) is 0 Å². The maximum atomic E-state index is 13.1. The molecule has 0 aromatic carbocycles. The molecule has 0 aliphatic heterocycles. The maximum Gasteiger partial charge on any atom is 0.306 e. The first-order valence-corrected chi connectivity index (χ1v) is 25.8. The lowest BCUT2D eigenvalue weighted by atomic mass is 10.0. The van der Waals surface area contributed by atoms with Crippen molar-refractivity contribution in [1.82, 2.24) is 5.32 Å². The largest absolute Gasteiger partial charge is 0.462 e. The molecule has 1 amide bonds. The second-order valence-corrected chi connectivity index (χ2v) is 17.9. The SMILES string of the molecule is CCCCCCCCCCCCCCCCCCC(O)C(CO)NC(=O)CC(CCCCCCCCC)OC(=O)CCCCCCCCCCCCCCCCC. The Bertz CT molecular complexity index is 821. The van der Waals surface area contributed by atoms with E-state index in [4.69, 9.17) is 4.74 Å². The molecule has 0 aromatic heterocycles. The molecule has 0 aromatic rings. The molecular formula is C51H101NO5. The summed E-state index contributed by atoms with van der Waals surface area (Å²) in [6.07, 6.45) is 48.9. The van der Waals surface area contributed by atoms with Crippen LogP contribution < -0.4 is 5.32 Å². The molecule has 3 atom stereocenters. The summed E-state index contributed by atoms with van der Waals surface area (Å²) in [6, 6.07) is -0.691. The number of amides is 1. The van der Waals surface area contributed by atoms with Gasteiger partial charge in [-0.15, -0.1) is 0 Å². The van der Waals surface area contributed by atoms with E-state index in [0.717, 1.165) is 38.5 Å². The molecule has 57 heavy (non-hydrogen) atoms. The van der Waals surface area contributed by atoms with Crippen LogP contribution >= 0.6 is 0 Å². The van der Waals surface area contributed by atoms with Gasteiger partial charge in [-0.25, -0.2) is 0 Å². The topological polar surface area (TPSA) is 95.9 Å². The Labute approximate surface area is 356 Å². The molecule has 0 saturated carbocycles. The van der Waals surface area contributed by atoms with Gasteiger partial charge in [-0.2, -0.15) is 0 Å². The first kappa shape index (κ1) is 55.9. The van der Waals surface area contributed by atoms with E-state index >= 15 is 0 Å². The van der Waals surface area contributed by atoms with Crippen molar-refractivity contribution in [2.75, 3.05) is 6.61 Å². The molecule has 3 unspecified atom stereocenters. The summed E-state index contributed by atoms with van der Waals surface area (Å²) < 4.78 is 5.90. The van der Waals surface area contributed by atoms with Crippen molar-refractivity contribution in [2.24, 2.45) is 0 Å². The molecule has 340 valence electrons. The number of esters is 1. The fourth-order valence-electron chi connectivity index (χ4n) is 8.26. The van der Waals surface area contributed by atoms with Crippen LogP contribution in [-0.4, -0.2) is 46.9 Å². The van der Waals surface area contributed by atoms with Crippen LogP contribution in [0.5, 0.6) is 0 Å². The van der Waals surface area contributed by atoms with Gasteiger partial charge in [-0.3, -0.25) is 9.59 Å². The molecule has 0 aliphatic carbocycles. The Morgan fingerprint density at radius 3 is 1.07 bits per heavy atom. The smallest absolute Gasteiger partial charge is 0.306 e. The van der Waals surface area contributed by atoms with Gasteiger partial charge in [0.2, 0.25) is 5.91 Å². The number of nitrogens with one attached hydrogen (secondary N) is 1. The Hall–Kier alpha value is -1.14. The van der Waals surface area contributed by atoms with Crippen LogP contribution in [0.15, 0.2) is 0 Å². The van der Waals surface area contributed by atoms with E-state index in [2.05, 4.69) is 26.1 Å². The van der Waals surface area contributed by atoms with Crippen LogP contribution in [0.25, 0.3) is 0 Å². The molecule has 6 nitrogen and oxygen atoms in total. The number of ether oxygens (including phenoxy) is 1. The molecule has 0 saturated heterocycles. The van der Waals surface area contributed by atoms with Crippen molar-refractivity contribution in [2.45, 2.75) is 309 Å². The summed E-state index contributed by atoms with van der Waals surface area (Å²) in [6.45, 7) is 6.48. The van der Waals surface area contributed by atoms with Crippen molar-refractivity contribution < 1.29 is 24.5 Å². The first-order chi connectivity index (χ1) is 28.0. The van der Waals surface area contributed by atoms with Crippen molar-refractivity contribution in [3.63, 3.8) is 0 Å². The number of rotatable bonds is 47. The zero-order valence-electron chi connectivity index (χ0n) is 38.8. The maximum absolute atomic E-state index is 13.1. The third-order valence-corrected chi connectivity index (χ3v) is 12.2. The number of aliphatic hydroxyl groups excluding tert-OH is 2. The normalized spacial score (nSPS) is 13.1. The monoisotopic (exact) mass is 808 g/mol. The van der Waals surface area contributed by atoms with E-state index in [0.29, 0.717) is 19.3 Å². The Morgan fingerprint density at radius 2 is 0.737 bits per heavy atom. The molecule has 0 radical (unpaired) electrons. The number of carbonyl (C=O) groups is 2. The van der Waals surface area contributed by atoms with Crippen LogP contribution in [0, 0.1) is 0 Å². The lowest BCUT2D eigenvalue weighted by Gasteiger charge is -2.24. The van der Waals surface area contributed by atoms with E-state index < -0.39 is 18.2 Å². The van der Waals surface area contributed by atoms with Gasteiger partial charge in [0.05, 0.1) is 25.2 Å². The number of unbranched alkanes of at least 4 members (excludes halogenated alkanes) is 35. The van der Waals surface area contributed by atoms with E-state index in [1.165, 1.54) is 205 Å². The summed E-state index contributed by atoms with van der Waals surface area (Å²) >= 11 is 0. The van der Waals surface area contributed by atoms with Gasteiger partial charge < -0.3 is 20.3 Å². The number of aliphatic hydroxyl groups is 2. The standard InChI is InChI=1S/C51H101NO5/c1-4-7-10-13-16-18-20-22-24-26-27-29-31-34-37-40-43-49(54)48(46-53)52-50(55)45-47(42-39-36-33-15-12-9-6-3)57-51(56)44-41-38-35-32-30-28-25-23-21-19-17-14-11-8-5-2/h47-49,53-54H,4-46H2,1-3H3,(H,52,55). The van der Waals surface area contributed by atoms with Crippen molar-refractivity contribution in [3.8, 4) is 0 Å². The minimum Gasteiger partial charge on any atom is -0.462 e. The molecular weight excluding hydrogens is 707 g/mol. The Morgan fingerprint density at radius 1 is 0.439 bits per heavy atom. The highest BCUT2D eigenvalue weighted by molar-refractivity contribution is 5.77. The summed E-state index contributed by atoms with van der Waals surface area (Å²) in [7, 11) is 0. The fourth-order valence-corrected chi connectivity index (χ4v) is 8.26. The predicted molar refractivity (Wildman–Crippen MR) is 246 cm³/mol. The van der Waals surface area contributed by atoms with Crippen molar-refractivity contribution >= 4 is 11.9 Å². The molecule has 6 heteroatoms. The molecule has 3 N–H and O–H groups in total. The molecule has 0 heterocycles. The van der Waals surface area contributed by atoms with Crippen LogP contribution in [-0.2, 0) is 14.3 Å². The highest BCUT2D eigenvalue weighted by Crippen LogP contribution is 2.18. The number of carbonyl (C=O) groups excluding carboxylic acids is 2. The zero-order valence-corrected chi connectivity index (χ0v) is 38.8. The minimum absolute atomic E-state index is 0.0860. The molecule has 0 spiro atoms. The molecule has 0 fully saturated rings. The predicted octanol–water partition coefficient (Wildman–Crippen LogP) is 15.2. The highest BCUT2D eigenvalue weighted by atomic mass is 16.5. The summed E-state index contributed by atoms with van der Waals surface area (Å²) in [5.41, 5.74) is 0. The van der Waals surface area contributed by atoms with Crippen LogP contribution in [0.1, 0.15) is 290 Å². The number of hydrogen-bond acceptors (Lipinski definition) is 5. The van der Waals surface area contributed by atoms with Crippen LogP contribution in [0.2, 0.25) is 0 Å². The second-order valence-electron chi connectivity index (χ2n) is 17.9. The Kier molecular flexibility index (Phi) is 45.0. The second kappa shape index (κ2) is 45.9. The van der Waals surface area contributed by atoms with Gasteiger partial charge in [0.25, 0.3) is 0 Å². The number of hydrogen-bond donors (Lipinski definition) is 3. The van der Waals surface area contributed by atoms with Crippen molar-refractivity contribution in [1.29, 1.82) is 0 Å².